The van der Waals surface area contributed by atoms with Gasteiger partial charge in [-0.2, -0.15) is 0 Å². The van der Waals surface area contributed by atoms with Gasteiger partial charge in [-0.3, -0.25) is 0 Å². The number of sulfone groups is 1. The molecule has 1 saturated carbocycles. The van der Waals surface area contributed by atoms with E-state index in [9.17, 15) is 8.42 Å². The number of hydrogen-bond acceptors (Lipinski definition) is 4. The van der Waals surface area contributed by atoms with Crippen LogP contribution in [0.15, 0.2) is 29.2 Å². The maximum atomic E-state index is 12.3. The fraction of sp³-hybridized carbons (Fsp3) is 0.600. The fourth-order valence-corrected chi connectivity index (χ4v) is 3.53. The molecule has 1 aliphatic rings. The van der Waals surface area contributed by atoms with Crippen molar-refractivity contribution in [1.82, 2.24) is 4.90 Å². The maximum absolute atomic E-state index is 12.3. The predicted molar refractivity (Wildman–Crippen MR) is 81.2 cm³/mol. The standard InChI is InChI=1S/C15H24N2O2S/c1-2-17(12-14-3-4-14)9-10-20(18,19)15-7-5-13(11-16)6-8-15/h5-8,14H,2-4,9-12,16H2,1H3. The van der Waals surface area contributed by atoms with Crippen molar-refractivity contribution in [2.24, 2.45) is 11.7 Å². The van der Waals surface area contributed by atoms with E-state index < -0.39 is 9.84 Å². The third-order valence-electron chi connectivity index (χ3n) is 3.85. The summed E-state index contributed by atoms with van der Waals surface area (Å²) in [7, 11) is -3.19. The van der Waals surface area contributed by atoms with Crippen molar-refractivity contribution in [3.63, 3.8) is 0 Å². The van der Waals surface area contributed by atoms with Gasteiger partial charge in [-0.25, -0.2) is 8.42 Å². The molecule has 0 saturated heterocycles. The van der Waals surface area contributed by atoms with Gasteiger partial charge in [0.25, 0.3) is 0 Å². The van der Waals surface area contributed by atoms with Gasteiger partial charge in [0.1, 0.15) is 0 Å². The molecule has 4 nitrogen and oxygen atoms in total. The Morgan fingerprint density at radius 3 is 2.40 bits per heavy atom. The molecule has 0 amide bonds. The molecule has 0 aromatic heterocycles. The van der Waals surface area contributed by atoms with E-state index in [2.05, 4.69) is 11.8 Å². The topological polar surface area (TPSA) is 63.4 Å². The zero-order chi connectivity index (χ0) is 14.6. The zero-order valence-electron chi connectivity index (χ0n) is 12.1. The minimum absolute atomic E-state index is 0.190. The summed E-state index contributed by atoms with van der Waals surface area (Å²) < 4.78 is 24.6. The van der Waals surface area contributed by atoms with E-state index in [0.717, 1.165) is 24.6 Å². The van der Waals surface area contributed by atoms with E-state index in [0.29, 0.717) is 18.0 Å². The first-order valence-electron chi connectivity index (χ1n) is 7.29. The summed E-state index contributed by atoms with van der Waals surface area (Å²) in [5.41, 5.74) is 6.47. The van der Waals surface area contributed by atoms with Crippen LogP contribution in [0.5, 0.6) is 0 Å². The molecule has 2 N–H and O–H groups in total. The molecule has 0 unspecified atom stereocenters. The maximum Gasteiger partial charge on any atom is 0.179 e. The van der Waals surface area contributed by atoms with E-state index >= 15 is 0 Å². The van der Waals surface area contributed by atoms with Gasteiger partial charge >= 0.3 is 0 Å². The van der Waals surface area contributed by atoms with Gasteiger partial charge in [-0.05, 0) is 43.0 Å². The highest BCUT2D eigenvalue weighted by atomic mass is 32.2. The van der Waals surface area contributed by atoms with E-state index in [1.165, 1.54) is 12.8 Å². The Kier molecular flexibility index (Phi) is 5.18. The summed E-state index contributed by atoms with van der Waals surface area (Å²) in [6.45, 7) is 5.10. The molecular weight excluding hydrogens is 272 g/mol. The molecule has 0 bridgehead atoms. The molecular formula is C15H24N2O2S. The normalized spacial score (nSPS) is 15.8. The average Bonchev–Trinajstić information content (AvgIpc) is 3.27. The van der Waals surface area contributed by atoms with Crippen LogP contribution in [-0.2, 0) is 16.4 Å². The smallest absolute Gasteiger partial charge is 0.179 e. The molecule has 0 radical (unpaired) electrons. The summed E-state index contributed by atoms with van der Waals surface area (Å²) in [5.74, 6) is 0.983. The van der Waals surface area contributed by atoms with Gasteiger partial charge in [0.05, 0.1) is 10.6 Å². The molecule has 1 aliphatic carbocycles. The number of rotatable bonds is 8. The number of nitrogens with zero attached hydrogens (tertiary/aromatic N) is 1. The second-order valence-corrected chi connectivity index (χ2v) is 7.61. The molecule has 20 heavy (non-hydrogen) atoms. The van der Waals surface area contributed by atoms with Crippen molar-refractivity contribution in [3.8, 4) is 0 Å². The first-order valence-corrected chi connectivity index (χ1v) is 8.94. The molecule has 5 heteroatoms. The average molecular weight is 296 g/mol. The Labute approximate surface area is 121 Å². The predicted octanol–water partition coefficient (Wildman–Crippen LogP) is 1.65. The van der Waals surface area contributed by atoms with E-state index in [-0.39, 0.29) is 5.75 Å². The molecule has 0 heterocycles. The van der Waals surface area contributed by atoms with Crippen LogP contribution in [0.25, 0.3) is 0 Å². The van der Waals surface area contributed by atoms with Crippen molar-refractivity contribution < 1.29 is 8.42 Å². The Morgan fingerprint density at radius 1 is 1.25 bits per heavy atom. The van der Waals surface area contributed by atoms with Gasteiger partial charge in [0.15, 0.2) is 9.84 Å². The molecule has 0 atom stereocenters. The van der Waals surface area contributed by atoms with Crippen LogP contribution in [0, 0.1) is 5.92 Å². The first kappa shape index (κ1) is 15.5. The molecule has 2 rings (SSSR count). The molecule has 0 aliphatic heterocycles. The van der Waals surface area contributed by atoms with Gasteiger partial charge in [0, 0.05) is 19.6 Å². The highest BCUT2D eigenvalue weighted by molar-refractivity contribution is 7.91. The van der Waals surface area contributed by atoms with Crippen LogP contribution >= 0.6 is 0 Å². The molecule has 1 aromatic carbocycles. The third kappa shape index (κ3) is 4.30. The summed E-state index contributed by atoms with van der Waals surface area (Å²) in [4.78, 5) is 2.64. The summed E-state index contributed by atoms with van der Waals surface area (Å²) in [6.07, 6.45) is 2.59. The Bertz CT molecular complexity index is 521. The number of benzene rings is 1. The largest absolute Gasteiger partial charge is 0.326 e. The molecule has 1 fully saturated rings. The van der Waals surface area contributed by atoms with Crippen molar-refractivity contribution in [1.29, 1.82) is 0 Å². The van der Waals surface area contributed by atoms with Gasteiger partial charge < -0.3 is 10.6 Å². The van der Waals surface area contributed by atoms with E-state index in [1.54, 1.807) is 24.3 Å². The van der Waals surface area contributed by atoms with Crippen LogP contribution in [-0.4, -0.2) is 38.7 Å². The molecule has 1 aromatic rings. The van der Waals surface area contributed by atoms with Gasteiger partial charge in [-0.1, -0.05) is 19.1 Å². The minimum atomic E-state index is -3.19. The van der Waals surface area contributed by atoms with Crippen LogP contribution in [0.1, 0.15) is 25.3 Å². The van der Waals surface area contributed by atoms with Crippen molar-refractivity contribution in [2.75, 3.05) is 25.4 Å². The second kappa shape index (κ2) is 6.70. The van der Waals surface area contributed by atoms with Gasteiger partial charge in [-0.15, -0.1) is 0 Å². The monoisotopic (exact) mass is 296 g/mol. The molecule has 112 valence electrons. The van der Waals surface area contributed by atoms with E-state index in [4.69, 9.17) is 5.73 Å². The Hall–Kier alpha value is -0.910. The van der Waals surface area contributed by atoms with Crippen LogP contribution < -0.4 is 5.73 Å². The second-order valence-electron chi connectivity index (χ2n) is 5.50. The third-order valence-corrected chi connectivity index (χ3v) is 5.57. The van der Waals surface area contributed by atoms with Crippen molar-refractivity contribution >= 4 is 9.84 Å². The first-order chi connectivity index (χ1) is 9.55. The van der Waals surface area contributed by atoms with E-state index in [1.807, 2.05) is 0 Å². The summed E-state index contributed by atoms with van der Waals surface area (Å²) in [5, 5.41) is 0. The van der Waals surface area contributed by atoms with Crippen LogP contribution in [0.4, 0.5) is 0 Å². The lowest BCUT2D eigenvalue weighted by atomic mass is 10.2. The lowest BCUT2D eigenvalue weighted by Crippen LogP contribution is -2.31. The lowest BCUT2D eigenvalue weighted by Gasteiger charge is -2.19. The summed E-state index contributed by atoms with van der Waals surface area (Å²) >= 11 is 0. The number of nitrogens with two attached hydrogens (primary N) is 1. The fourth-order valence-electron chi connectivity index (χ4n) is 2.24. The van der Waals surface area contributed by atoms with Crippen molar-refractivity contribution in [3.05, 3.63) is 29.8 Å². The number of hydrogen-bond donors (Lipinski definition) is 1. The van der Waals surface area contributed by atoms with Crippen molar-refractivity contribution in [2.45, 2.75) is 31.2 Å². The summed E-state index contributed by atoms with van der Waals surface area (Å²) in [6, 6.07) is 6.90. The zero-order valence-corrected chi connectivity index (χ0v) is 12.9. The Morgan fingerprint density at radius 2 is 1.90 bits per heavy atom. The Balaban J connectivity index is 1.94. The lowest BCUT2D eigenvalue weighted by molar-refractivity contribution is 0.292. The van der Waals surface area contributed by atoms with Gasteiger partial charge in [0.2, 0.25) is 0 Å². The molecule has 0 spiro atoms. The highest BCUT2D eigenvalue weighted by Crippen LogP contribution is 2.29. The van der Waals surface area contributed by atoms with Crippen LogP contribution in [0.2, 0.25) is 0 Å². The quantitative estimate of drug-likeness (QED) is 0.792. The SMILES string of the molecule is CCN(CCS(=O)(=O)c1ccc(CN)cc1)CC1CC1. The van der Waals surface area contributed by atoms with Crippen LogP contribution in [0.3, 0.4) is 0 Å². The minimum Gasteiger partial charge on any atom is -0.326 e. The highest BCUT2D eigenvalue weighted by Gasteiger charge is 2.24.